The highest BCUT2D eigenvalue weighted by molar-refractivity contribution is 6.39. The molecule has 2 heteroatoms. The summed E-state index contributed by atoms with van der Waals surface area (Å²) in [5.41, 5.74) is 6.46. The van der Waals surface area contributed by atoms with Gasteiger partial charge in [0.25, 0.3) is 0 Å². The molecule has 0 aliphatic carbocycles. The summed E-state index contributed by atoms with van der Waals surface area (Å²) in [6.45, 7) is 0. The Hall–Kier alpha value is -7.68. The molecule has 58 heavy (non-hydrogen) atoms. The second-order valence-electron chi connectivity index (χ2n) is 15.5. The van der Waals surface area contributed by atoms with Crippen LogP contribution < -0.4 is 0 Å². The van der Waals surface area contributed by atoms with Crippen LogP contribution in [-0.2, 0) is 0 Å². The number of hydrogen-bond acceptors (Lipinski definition) is 2. The lowest BCUT2D eigenvalue weighted by atomic mass is 9.82. The first kappa shape index (κ1) is 31.5. The lowest BCUT2D eigenvalue weighted by molar-refractivity contribution is 1.24. The molecule has 0 fully saturated rings. The summed E-state index contributed by atoms with van der Waals surface area (Å²) in [5.74, 6) is 0.731. The van der Waals surface area contributed by atoms with Crippen LogP contribution in [0, 0.1) is 0 Å². The van der Waals surface area contributed by atoms with Crippen LogP contribution in [0.3, 0.4) is 0 Å². The Morgan fingerprint density at radius 3 is 1.34 bits per heavy atom. The molecule has 0 aliphatic rings. The van der Waals surface area contributed by atoms with Gasteiger partial charge < -0.3 is 0 Å². The summed E-state index contributed by atoms with van der Waals surface area (Å²) in [7, 11) is 0. The number of para-hydroxylation sites is 1. The SMILES string of the molecule is c1ccc(-c2nc(-c3c4ccccc4c(-c4cc5cccc6c7cccc8ccc9cccc(c%10cccc4c%10c56)c9c87)c4ccccc34)nc3ccccc23)cc1. The summed E-state index contributed by atoms with van der Waals surface area (Å²) in [5, 5.41) is 21.1. The first-order chi connectivity index (χ1) is 28.8. The second-order valence-corrected chi connectivity index (χ2v) is 15.5. The number of benzene rings is 11. The van der Waals surface area contributed by atoms with Gasteiger partial charge in [0.2, 0.25) is 0 Å². The summed E-state index contributed by atoms with van der Waals surface area (Å²) >= 11 is 0. The molecule has 13 rings (SSSR count). The summed E-state index contributed by atoms with van der Waals surface area (Å²) in [4.78, 5) is 10.7. The van der Waals surface area contributed by atoms with Gasteiger partial charge >= 0.3 is 0 Å². The van der Waals surface area contributed by atoms with Crippen LogP contribution in [-0.4, -0.2) is 9.97 Å². The molecule has 0 spiro atoms. The van der Waals surface area contributed by atoms with E-state index in [2.05, 4.69) is 194 Å². The maximum Gasteiger partial charge on any atom is 0.161 e. The Bertz CT molecular complexity index is 3790. The van der Waals surface area contributed by atoms with E-state index in [0.29, 0.717) is 0 Å². The molecule has 0 atom stereocenters. The maximum atomic E-state index is 5.42. The zero-order valence-corrected chi connectivity index (χ0v) is 31.4. The molecule has 0 saturated heterocycles. The highest BCUT2D eigenvalue weighted by atomic mass is 14.9. The highest BCUT2D eigenvalue weighted by Crippen LogP contribution is 2.49. The fraction of sp³-hybridized carbons (Fsp3) is 0. The topological polar surface area (TPSA) is 25.8 Å². The minimum Gasteiger partial charge on any atom is -0.228 e. The number of rotatable bonds is 3. The van der Waals surface area contributed by atoms with Gasteiger partial charge in [-0.1, -0.05) is 182 Å². The van der Waals surface area contributed by atoms with Gasteiger partial charge in [-0.3, -0.25) is 0 Å². The van der Waals surface area contributed by atoms with E-state index in [4.69, 9.17) is 9.97 Å². The van der Waals surface area contributed by atoms with E-state index < -0.39 is 0 Å². The largest absolute Gasteiger partial charge is 0.228 e. The molecule has 2 nitrogen and oxygen atoms in total. The Kier molecular flexibility index (Phi) is 6.47. The Morgan fingerprint density at radius 2 is 0.724 bits per heavy atom. The number of fused-ring (bicyclic) bond motifs is 5. The first-order valence-corrected chi connectivity index (χ1v) is 20.0. The van der Waals surface area contributed by atoms with Gasteiger partial charge in [0.15, 0.2) is 5.82 Å². The molecule has 0 unspecified atom stereocenters. The molecule has 0 amide bonds. The maximum absolute atomic E-state index is 5.42. The third kappa shape index (κ3) is 4.32. The molecule has 266 valence electrons. The van der Waals surface area contributed by atoms with Crippen molar-refractivity contribution in [1.29, 1.82) is 0 Å². The van der Waals surface area contributed by atoms with Gasteiger partial charge in [0.05, 0.1) is 11.2 Å². The predicted octanol–water partition coefficient (Wildman–Crippen LogP) is 15.3. The smallest absolute Gasteiger partial charge is 0.161 e. The standard InChI is InChI=1S/C56H32N2/c1-2-14-35(15-3-1)55-46-23-8-9-29-48(46)57-56(58-55)54-43-21-6-4-19-40(43)52(41-20-5-7-22-44(41)54)47-32-36-18-12-26-38-37-24-10-16-33-30-31-34-17-11-25-39(50(34)49(33)37)42-27-13-28-45(47)53(42)51(36)38/h1-32H. The highest BCUT2D eigenvalue weighted by Gasteiger charge is 2.23. The number of hydrogen-bond donors (Lipinski definition) is 0. The second kappa shape index (κ2) is 11.9. The van der Waals surface area contributed by atoms with Crippen molar-refractivity contribution in [3.8, 4) is 33.8 Å². The van der Waals surface area contributed by atoms with Crippen molar-refractivity contribution in [2.75, 3.05) is 0 Å². The van der Waals surface area contributed by atoms with E-state index in [1.54, 1.807) is 0 Å². The molecule has 0 N–H and O–H groups in total. The van der Waals surface area contributed by atoms with Gasteiger partial charge in [-0.2, -0.15) is 0 Å². The van der Waals surface area contributed by atoms with Crippen molar-refractivity contribution >= 4 is 97.1 Å². The molecule has 1 heterocycles. The van der Waals surface area contributed by atoms with Crippen molar-refractivity contribution < 1.29 is 0 Å². The molecule has 12 aromatic carbocycles. The van der Waals surface area contributed by atoms with Gasteiger partial charge in [0, 0.05) is 16.5 Å². The normalized spacial score (nSPS) is 12.1. The Morgan fingerprint density at radius 1 is 0.276 bits per heavy atom. The average molecular weight is 733 g/mol. The zero-order valence-electron chi connectivity index (χ0n) is 31.4. The minimum atomic E-state index is 0.731. The quantitative estimate of drug-likeness (QED) is 0.134. The molecule has 0 aliphatic heterocycles. The summed E-state index contributed by atoms with van der Waals surface area (Å²) in [6.07, 6.45) is 0. The Labute approximate surface area is 333 Å². The van der Waals surface area contributed by atoms with E-state index in [0.717, 1.165) is 44.3 Å². The van der Waals surface area contributed by atoms with E-state index in [9.17, 15) is 0 Å². The van der Waals surface area contributed by atoms with Crippen LogP contribution >= 0.6 is 0 Å². The van der Waals surface area contributed by atoms with Crippen molar-refractivity contribution in [1.82, 2.24) is 9.97 Å². The van der Waals surface area contributed by atoms with Gasteiger partial charge in [-0.15, -0.1) is 0 Å². The Balaban J connectivity index is 1.20. The van der Waals surface area contributed by atoms with Crippen molar-refractivity contribution in [3.63, 3.8) is 0 Å². The van der Waals surface area contributed by atoms with E-state index >= 15 is 0 Å². The average Bonchev–Trinajstić information content (AvgIpc) is 3.29. The molecule has 13 aromatic rings. The summed E-state index contributed by atoms with van der Waals surface area (Å²) < 4.78 is 0. The fourth-order valence-electron chi connectivity index (χ4n) is 10.2. The van der Waals surface area contributed by atoms with Crippen molar-refractivity contribution in [3.05, 3.63) is 194 Å². The van der Waals surface area contributed by atoms with Crippen molar-refractivity contribution in [2.24, 2.45) is 0 Å². The first-order valence-electron chi connectivity index (χ1n) is 20.0. The van der Waals surface area contributed by atoms with Crippen LogP contribution in [0.15, 0.2) is 194 Å². The molecular weight excluding hydrogens is 701 g/mol. The number of nitrogens with zero attached hydrogens (tertiary/aromatic N) is 2. The lowest BCUT2D eigenvalue weighted by Gasteiger charge is -2.21. The molecule has 0 bridgehead atoms. The van der Waals surface area contributed by atoms with Crippen LogP contribution in [0.1, 0.15) is 0 Å². The van der Waals surface area contributed by atoms with Crippen LogP contribution in [0.5, 0.6) is 0 Å². The third-order valence-corrected chi connectivity index (χ3v) is 12.5. The van der Waals surface area contributed by atoms with Crippen LogP contribution in [0.25, 0.3) is 131 Å². The van der Waals surface area contributed by atoms with Crippen LogP contribution in [0.2, 0.25) is 0 Å². The van der Waals surface area contributed by atoms with E-state index in [-0.39, 0.29) is 0 Å². The molecular formula is C56H32N2. The molecule has 0 saturated carbocycles. The summed E-state index contributed by atoms with van der Waals surface area (Å²) in [6, 6.07) is 71.0. The molecule has 0 radical (unpaired) electrons. The van der Waals surface area contributed by atoms with Crippen LogP contribution in [0.4, 0.5) is 0 Å². The lowest BCUT2D eigenvalue weighted by Crippen LogP contribution is -1.98. The van der Waals surface area contributed by atoms with Crippen molar-refractivity contribution in [2.45, 2.75) is 0 Å². The van der Waals surface area contributed by atoms with Gasteiger partial charge in [0.1, 0.15) is 0 Å². The fourth-order valence-corrected chi connectivity index (χ4v) is 10.2. The third-order valence-electron chi connectivity index (χ3n) is 12.5. The van der Waals surface area contributed by atoms with E-state index in [1.165, 1.54) is 86.5 Å². The van der Waals surface area contributed by atoms with Gasteiger partial charge in [-0.05, 0) is 109 Å². The zero-order chi connectivity index (χ0) is 37.9. The molecule has 1 aromatic heterocycles. The van der Waals surface area contributed by atoms with Gasteiger partial charge in [-0.25, -0.2) is 9.97 Å². The monoisotopic (exact) mass is 732 g/mol. The minimum absolute atomic E-state index is 0.731. The predicted molar refractivity (Wildman–Crippen MR) is 247 cm³/mol. The van der Waals surface area contributed by atoms with E-state index in [1.807, 2.05) is 0 Å². The number of aromatic nitrogens is 2.